The lowest BCUT2D eigenvalue weighted by Gasteiger charge is -2.33. The second-order valence-electron chi connectivity index (χ2n) is 6.26. The Morgan fingerprint density at radius 3 is 2.76 bits per heavy atom. The van der Waals surface area contributed by atoms with E-state index in [4.69, 9.17) is 0 Å². The highest BCUT2D eigenvalue weighted by Gasteiger charge is 2.35. The normalized spacial score (nSPS) is 21.8. The van der Waals surface area contributed by atoms with Crippen molar-refractivity contribution in [2.24, 2.45) is 0 Å². The minimum absolute atomic E-state index is 0.0475. The summed E-state index contributed by atoms with van der Waals surface area (Å²) >= 11 is 0. The van der Waals surface area contributed by atoms with Gasteiger partial charge in [0.05, 0.1) is 0 Å². The number of nitrogens with zero attached hydrogens (tertiary/aromatic N) is 1. The molecule has 1 fully saturated rings. The van der Waals surface area contributed by atoms with Gasteiger partial charge in [-0.05, 0) is 29.9 Å². The Balaban J connectivity index is 1.92. The first kappa shape index (κ1) is 13.9. The van der Waals surface area contributed by atoms with Gasteiger partial charge in [-0.2, -0.15) is 0 Å². The monoisotopic (exact) mass is 282 g/mol. The molecule has 0 aliphatic carbocycles. The summed E-state index contributed by atoms with van der Waals surface area (Å²) in [5.74, 6) is 0.503. The zero-order valence-electron chi connectivity index (χ0n) is 12.8. The molecule has 0 spiro atoms. The van der Waals surface area contributed by atoms with E-state index in [2.05, 4.69) is 55.4 Å². The first-order chi connectivity index (χ1) is 9.99. The van der Waals surface area contributed by atoms with Gasteiger partial charge in [-0.15, -0.1) is 0 Å². The van der Waals surface area contributed by atoms with Crippen molar-refractivity contribution in [3.05, 3.63) is 53.7 Å². The molecule has 2 heterocycles. The molecule has 0 bridgehead atoms. The Morgan fingerprint density at radius 1 is 1.33 bits per heavy atom. The number of nitrogens with one attached hydrogen (secondary N) is 1. The second-order valence-corrected chi connectivity index (χ2v) is 6.26. The first-order valence-corrected chi connectivity index (χ1v) is 7.55. The Kier molecular flexibility index (Phi) is 3.36. The SMILES string of the molecule is C=C1CCC(N2Cc3cccc(C(C)C)c3C2=C)C(=O)N1. The third-order valence-corrected chi connectivity index (χ3v) is 4.48. The summed E-state index contributed by atoms with van der Waals surface area (Å²) in [6.45, 7) is 13.3. The van der Waals surface area contributed by atoms with Gasteiger partial charge in [0, 0.05) is 23.5 Å². The Bertz CT molecular complexity index is 630. The van der Waals surface area contributed by atoms with Crippen LogP contribution in [-0.2, 0) is 11.3 Å². The van der Waals surface area contributed by atoms with Crippen LogP contribution in [0.2, 0.25) is 0 Å². The van der Waals surface area contributed by atoms with Gasteiger partial charge >= 0.3 is 0 Å². The highest BCUT2D eigenvalue weighted by molar-refractivity contribution is 5.87. The quantitative estimate of drug-likeness (QED) is 0.901. The smallest absolute Gasteiger partial charge is 0.246 e. The molecule has 2 aliphatic heterocycles. The van der Waals surface area contributed by atoms with E-state index in [0.29, 0.717) is 5.92 Å². The van der Waals surface area contributed by atoms with E-state index in [1.807, 2.05) is 0 Å². The molecular weight excluding hydrogens is 260 g/mol. The fourth-order valence-electron chi connectivity index (χ4n) is 3.37. The lowest BCUT2D eigenvalue weighted by molar-refractivity contribution is -0.125. The van der Waals surface area contributed by atoms with Gasteiger partial charge in [0.25, 0.3) is 0 Å². The van der Waals surface area contributed by atoms with Crippen molar-refractivity contribution in [1.82, 2.24) is 10.2 Å². The molecule has 0 saturated carbocycles. The molecule has 0 radical (unpaired) electrons. The average molecular weight is 282 g/mol. The van der Waals surface area contributed by atoms with E-state index >= 15 is 0 Å². The van der Waals surface area contributed by atoms with Gasteiger partial charge in [0.2, 0.25) is 5.91 Å². The maximum absolute atomic E-state index is 12.3. The summed E-state index contributed by atoms with van der Waals surface area (Å²) < 4.78 is 0. The number of carbonyl (C=O) groups is 1. The number of fused-ring (bicyclic) bond motifs is 1. The molecular formula is C18H22N2O. The molecule has 110 valence electrons. The second kappa shape index (κ2) is 5.06. The molecule has 1 saturated heterocycles. The van der Waals surface area contributed by atoms with Crippen molar-refractivity contribution < 1.29 is 4.79 Å². The summed E-state index contributed by atoms with van der Waals surface area (Å²) in [7, 11) is 0. The molecule has 1 aromatic rings. The van der Waals surface area contributed by atoms with Crippen LogP contribution in [-0.4, -0.2) is 16.8 Å². The number of hydrogen-bond acceptors (Lipinski definition) is 2. The predicted octanol–water partition coefficient (Wildman–Crippen LogP) is 3.39. The van der Waals surface area contributed by atoms with Gasteiger partial charge in [-0.1, -0.05) is 45.2 Å². The Labute approximate surface area is 126 Å². The third kappa shape index (κ3) is 2.27. The lowest BCUT2D eigenvalue weighted by atomic mass is 9.93. The number of amides is 1. The standard InChI is InChI=1S/C18H22N2O/c1-11(2)15-7-5-6-14-10-20(13(4)17(14)15)16-9-8-12(3)19-18(16)21/h5-7,11,16H,3-4,8-10H2,1-2H3,(H,19,21). The van der Waals surface area contributed by atoms with Crippen molar-refractivity contribution >= 4 is 11.6 Å². The van der Waals surface area contributed by atoms with Crippen molar-refractivity contribution in [2.45, 2.75) is 45.2 Å². The minimum Gasteiger partial charge on any atom is -0.355 e. The van der Waals surface area contributed by atoms with Crippen molar-refractivity contribution in [1.29, 1.82) is 0 Å². The van der Waals surface area contributed by atoms with E-state index in [0.717, 1.165) is 30.8 Å². The number of carbonyl (C=O) groups excluding carboxylic acids is 1. The van der Waals surface area contributed by atoms with Crippen LogP contribution in [0.5, 0.6) is 0 Å². The molecule has 1 N–H and O–H groups in total. The number of allylic oxidation sites excluding steroid dienone is 1. The van der Waals surface area contributed by atoms with E-state index in [1.165, 1.54) is 16.7 Å². The minimum atomic E-state index is -0.129. The maximum Gasteiger partial charge on any atom is 0.246 e. The van der Waals surface area contributed by atoms with Gasteiger partial charge < -0.3 is 10.2 Å². The number of hydrogen-bond donors (Lipinski definition) is 1. The maximum atomic E-state index is 12.3. The first-order valence-electron chi connectivity index (χ1n) is 7.55. The van der Waals surface area contributed by atoms with Crippen molar-refractivity contribution in [3.8, 4) is 0 Å². The zero-order chi connectivity index (χ0) is 15.1. The average Bonchev–Trinajstić information content (AvgIpc) is 2.76. The summed E-state index contributed by atoms with van der Waals surface area (Å²) in [6, 6.07) is 6.29. The summed E-state index contributed by atoms with van der Waals surface area (Å²) in [6.07, 6.45) is 1.66. The zero-order valence-corrected chi connectivity index (χ0v) is 12.8. The van der Waals surface area contributed by atoms with Crippen LogP contribution < -0.4 is 5.32 Å². The van der Waals surface area contributed by atoms with Crippen LogP contribution in [0.15, 0.2) is 37.1 Å². The van der Waals surface area contributed by atoms with Crippen LogP contribution in [0, 0.1) is 0 Å². The number of rotatable bonds is 2. The number of benzene rings is 1. The molecule has 3 rings (SSSR count). The predicted molar refractivity (Wildman–Crippen MR) is 85.4 cm³/mol. The molecule has 21 heavy (non-hydrogen) atoms. The molecule has 2 aliphatic rings. The van der Waals surface area contributed by atoms with E-state index in [-0.39, 0.29) is 11.9 Å². The molecule has 1 atom stereocenters. The molecule has 0 aromatic heterocycles. The highest BCUT2D eigenvalue weighted by atomic mass is 16.2. The van der Waals surface area contributed by atoms with Crippen LogP contribution in [0.1, 0.15) is 49.3 Å². The van der Waals surface area contributed by atoms with Gasteiger partial charge in [0.15, 0.2) is 0 Å². The fraction of sp³-hybridized carbons (Fsp3) is 0.389. The van der Waals surface area contributed by atoms with Crippen LogP contribution in [0.4, 0.5) is 0 Å². The van der Waals surface area contributed by atoms with E-state index in [1.54, 1.807) is 0 Å². The van der Waals surface area contributed by atoms with E-state index in [9.17, 15) is 4.79 Å². The Hall–Kier alpha value is -2.03. The Morgan fingerprint density at radius 2 is 2.10 bits per heavy atom. The summed E-state index contributed by atoms with van der Waals surface area (Å²) in [4.78, 5) is 14.4. The van der Waals surface area contributed by atoms with Gasteiger partial charge in [-0.25, -0.2) is 0 Å². The lowest BCUT2D eigenvalue weighted by Crippen LogP contribution is -2.47. The van der Waals surface area contributed by atoms with Crippen LogP contribution in [0.25, 0.3) is 5.70 Å². The molecule has 1 aromatic carbocycles. The van der Waals surface area contributed by atoms with Gasteiger partial charge in [-0.3, -0.25) is 4.79 Å². The van der Waals surface area contributed by atoms with E-state index < -0.39 is 0 Å². The molecule has 3 heteroatoms. The van der Waals surface area contributed by atoms with Crippen LogP contribution >= 0.6 is 0 Å². The third-order valence-electron chi connectivity index (χ3n) is 4.48. The topological polar surface area (TPSA) is 32.3 Å². The molecule has 3 nitrogen and oxygen atoms in total. The fourth-order valence-corrected chi connectivity index (χ4v) is 3.37. The van der Waals surface area contributed by atoms with Gasteiger partial charge in [0.1, 0.15) is 6.04 Å². The summed E-state index contributed by atoms with van der Waals surface area (Å²) in [5.41, 5.74) is 5.65. The number of piperidine rings is 1. The highest BCUT2D eigenvalue weighted by Crippen LogP contribution is 2.39. The molecule has 1 amide bonds. The molecule has 1 unspecified atom stereocenters. The van der Waals surface area contributed by atoms with Crippen LogP contribution in [0.3, 0.4) is 0 Å². The van der Waals surface area contributed by atoms with Crippen molar-refractivity contribution in [2.75, 3.05) is 0 Å². The van der Waals surface area contributed by atoms with Crippen molar-refractivity contribution in [3.63, 3.8) is 0 Å². The summed E-state index contributed by atoms with van der Waals surface area (Å²) in [5, 5.41) is 2.87. The largest absolute Gasteiger partial charge is 0.355 e.